The van der Waals surface area contributed by atoms with E-state index in [1.54, 1.807) is 0 Å². The van der Waals surface area contributed by atoms with Gasteiger partial charge in [0.15, 0.2) is 0 Å². The molecule has 0 radical (unpaired) electrons. The van der Waals surface area contributed by atoms with Gasteiger partial charge in [0.1, 0.15) is 0 Å². The van der Waals surface area contributed by atoms with Crippen LogP contribution in [-0.2, 0) is 0 Å². The minimum Gasteiger partial charge on any atom is -0.328 e. The monoisotopic (exact) mass is 182 g/mol. The summed E-state index contributed by atoms with van der Waals surface area (Å²) in [4.78, 5) is 2.72. The van der Waals surface area contributed by atoms with Gasteiger partial charge in [0.05, 0.1) is 0 Å². The maximum absolute atomic E-state index is 5.90. The zero-order valence-corrected chi connectivity index (χ0v) is 8.87. The summed E-state index contributed by atoms with van der Waals surface area (Å²) < 4.78 is 0. The van der Waals surface area contributed by atoms with Crippen molar-refractivity contribution >= 4 is 0 Å². The van der Waals surface area contributed by atoms with Crippen LogP contribution >= 0.6 is 0 Å². The molecular weight excluding hydrogens is 160 g/mol. The van der Waals surface area contributed by atoms with Gasteiger partial charge in [-0.3, -0.25) is 4.90 Å². The van der Waals surface area contributed by atoms with E-state index in [2.05, 4.69) is 18.7 Å². The molecule has 0 saturated carbocycles. The first-order valence-electron chi connectivity index (χ1n) is 5.70. The molecule has 2 N–H and O–H groups in total. The van der Waals surface area contributed by atoms with E-state index in [0.717, 1.165) is 12.1 Å². The largest absolute Gasteiger partial charge is 0.328 e. The molecule has 0 aliphatic carbocycles. The van der Waals surface area contributed by atoms with Gasteiger partial charge in [0, 0.05) is 24.7 Å². The van der Waals surface area contributed by atoms with Crippen LogP contribution in [0.4, 0.5) is 0 Å². The molecule has 13 heavy (non-hydrogen) atoms. The first-order valence-corrected chi connectivity index (χ1v) is 5.70. The Labute approximate surface area is 81.5 Å². The van der Waals surface area contributed by atoms with Crippen LogP contribution in [0.15, 0.2) is 0 Å². The molecule has 0 aromatic rings. The molecule has 0 amide bonds. The number of nitrogens with zero attached hydrogens (tertiary/aromatic N) is 1. The summed E-state index contributed by atoms with van der Waals surface area (Å²) >= 11 is 0. The lowest BCUT2D eigenvalue weighted by Gasteiger charge is -2.27. The number of rotatable bonds is 3. The Morgan fingerprint density at radius 1 is 1.15 bits per heavy atom. The molecule has 0 spiro atoms. The van der Waals surface area contributed by atoms with Gasteiger partial charge in [-0.1, -0.05) is 6.92 Å². The van der Waals surface area contributed by atoms with Crippen LogP contribution in [0, 0.1) is 5.92 Å². The van der Waals surface area contributed by atoms with Crippen LogP contribution in [0.5, 0.6) is 0 Å². The van der Waals surface area contributed by atoms with Gasteiger partial charge in [-0.2, -0.15) is 0 Å². The fraction of sp³-hybridized carbons (Fsp3) is 1.00. The van der Waals surface area contributed by atoms with Crippen molar-refractivity contribution < 1.29 is 0 Å². The van der Waals surface area contributed by atoms with Crippen molar-refractivity contribution in [1.29, 1.82) is 0 Å². The molecular formula is C11H22N2. The number of hydrogen-bond donors (Lipinski definition) is 1. The highest BCUT2D eigenvalue weighted by Gasteiger charge is 2.39. The molecule has 2 rings (SSSR count). The lowest BCUT2D eigenvalue weighted by molar-refractivity contribution is 0.207. The van der Waals surface area contributed by atoms with E-state index in [1.165, 1.54) is 32.2 Å². The van der Waals surface area contributed by atoms with E-state index < -0.39 is 0 Å². The van der Waals surface area contributed by atoms with Crippen molar-refractivity contribution in [3.05, 3.63) is 0 Å². The van der Waals surface area contributed by atoms with E-state index in [-0.39, 0.29) is 0 Å². The Kier molecular flexibility index (Phi) is 2.61. The fourth-order valence-corrected chi connectivity index (χ4v) is 2.82. The molecule has 0 aromatic heterocycles. The molecule has 2 bridgehead atoms. The Hall–Kier alpha value is -0.0800. The second-order valence-electron chi connectivity index (χ2n) is 5.00. The smallest absolute Gasteiger partial charge is 0.00994 e. The van der Waals surface area contributed by atoms with Gasteiger partial charge >= 0.3 is 0 Å². The third kappa shape index (κ3) is 1.75. The predicted octanol–water partition coefficient (Wildman–Crippen LogP) is 1.60. The van der Waals surface area contributed by atoms with Crippen LogP contribution in [0.25, 0.3) is 0 Å². The van der Waals surface area contributed by atoms with Crippen molar-refractivity contribution in [3.8, 4) is 0 Å². The maximum atomic E-state index is 5.90. The molecule has 2 unspecified atom stereocenters. The van der Waals surface area contributed by atoms with E-state index in [1.807, 2.05) is 0 Å². The standard InChI is InChI=1S/C11H22N2/c1-8(9(2)12)7-13-10-3-4-11(13)6-5-10/h8-11H,3-7,12H2,1-2H3. The molecule has 0 aromatic carbocycles. The van der Waals surface area contributed by atoms with Gasteiger partial charge in [0.2, 0.25) is 0 Å². The van der Waals surface area contributed by atoms with Gasteiger partial charge in [0.25, 0.3) is 0 Å². The van der Waals surface area contributed by atoms with Gasteiger partial charge in [-0.05, 0) is 38.5 Å². The molecule has 2 nitrogen and oxygen atoms in total. The lowest BCUT2D eigenvalue weighted by atomic mass is 10.0. The first-order chi connectivity index (χ1) is 6.18. The van der Waals surface area contributed by atoms with Gasteiger partial charge in [-0.15, -0.1) is 0 Å². The zero-order chi connectivity index (χ0) is 9.42. The van der Waals surface area contributed by atoms with E-state index in [9.17, 15) is 0 Å². The Morgan fingerprint density at radius 2 is 1.62 bits per heavy atom. The summed E-state index contributed by atoms with van der Waals surface area (Å²) in [6, 6.07) is 2.16. The Morgan fingerprint density at radius 3 is 2.00 bits per heavy atom. The van der Waals surface area contributed by atoms with Crippen molar-refractivity contribution in [2.24, 2.45) is 11.7 Å². The summed E-state index contributed by atoms with van der Waals surface area (Å²) in [6.45, 7) is 5.64. The fourth-order valence-electron chi connectivity index (χ4n) is 2.82. The van der Waals surface area contributed by atoms with Crippen molar-refractivity contribution in [2.75, 3.05) is 6.54 Å². The van der Waals surface area contributed by atoms with Crippen LogP contribution in [-0.4, -0.2) is 29.6 Å². The third-order valence-corrected chi connectivity index (χ3v) is 4.00. The lowest BCUT2D eigenvalue weighted by Crippen LogP contribution is -2.38. The molecule has 2 heterocycles. The summed E-state index contributed by atoms with van der Waals surface area (Å²) in [7, 11) is 0. The van der Waals surface area contributed by atoms with E-state index >= 15 is 0 Å². The number of hydrogen-bond acceptors (Lipinski definition) is 2. The average molecular weight is 182 g/mol. The SMILES string of the molecule is CC(N)C(C)CN1C2CCC1CC2. The molecule has 2 atom stereocenters. The molecule has 2 aliphatic rings. The van der Waals surface area contributed by atoms with Crippen molar-refractivity contribution in [2.45, 2.75) is 57.7 Å². The minimum atomic E-state index is 0.347. The van der Waals surface area contributed by atoms with Crippen LogP contribution < -0.4 is 5.73 Å². The summed E-state index contributed by atoms with van der Waals surface area (Å²) in [5, 5.41) is 0. The van der Waals surface area contributed by atoms with Gasteiger partial charge in [-0.25, -0.2) is 0 Å². The van der Waals surface area contributed by atoms with Gasteiger partial charge < -0.3 is 5.73 Å². The molecule has 2 fully saturated rings. The number of nitrogens with two attached hydrogens (primary N) is 1. The Balaban J connectivity index is 1.88. The Bertz CT molecular complexity index is 159. The molecule has 76 valence electrons. The zero-order valence-electron chi connectivity index (χ0n) is 8.87. The summed E-state index contributed by atoms with van der Waals surface area (Å²) in [5.74, 6) is 0.654. The van der Waals surface area contributed by atoms with Crippen LogP contribution in [0.3, 0.4) is 0 Å². The number of fused-ring (bicyclic) bond motifs is 2. The van der Waals surface area contributed by atoms with E-state index in [4.69, 9.17) is 5.73 Å². The normalized spacial score (nSPS) is 38.1. The topological polar surface area (TPSA) is 29.3 Å². The minimum absolute atomic E-state index is 0.347. The highest BCUT2D eigenvalue weighted by atomic mass is 15.2. The summed E-state index contributed by atoms with van der Waals surface area (Å²) in [6.07, 6.45) is 5.76. The third-order valence-electron chi connectivity index (χ3n) is 4.00. The second-order valence-corrected chi connectivity index (χ2v) is 5.00. The summed E-state index contributed by atoms with van der Waals surface area (Å²) in [5.41, 5.74) is 5.90. The predicted molar refractivity (Wildman–Crippen MR) is 55.6 cm³/mol. The van der Waals surface area contributed by atoms with E-state index in [0.29, 0.717) is 12.0 Å². The highest BCUT2D eigenvalue weighted by Crippen LogP contribution is 2.37. The van der Waals surface area contributed by atoms with Crippen LogP contribution in [0.1, 0.15) is 39.5 Å². The molecule has 2 saturated heterocycles. The maximum Gasteiger partial charge on any atom is 0.00994 e. The second kappa shape index (κ2) is 3.58. The van der Waals surface area contributed by atoms with Crippen LogP contribution in [0.2, 0.25) is 0 Å². The quantitative estimate of drug-likeness (QED) is 0.718. The highest BCUT2D eigenvalue weighted by molar-refractivity contribution is 4.95. The molecule has 2 aliphatic heterocycles. The van der Waals surface area contributed by atoms with Crippen molar-refractivity contribution in [3.63, 3.8) is 0 Å². The first kappa shape index (κ1) is 9.47. The molecule has 2 heteroatoms. The average Bonchev–Trinajstić information content (AvgIpc) is 2.65. The van der Waals surface area contributed by atoms with Crippen molar-refractivity contribution in [1.82, 2.24) is 4.90 Å².